The van der Waals surface area contributed by atoms with E-state index < -0.39 is 27.8 Å². The number of alkyl halides is 3. The molecule has 1 aromatic carbocycles. The second kappa shape index (κ2) is 8.99. The number of nitrogens with one attached hydrogen (secondary N) is 2. The van der Waals surface area contributed by atoms with Gasteiger partial charge in [-0.1, -0.05) is 25.7 Å². The van der Waals surface area contributed by atoms with E-state index in [2.05, 4.69) is 15.3 Å². The third-order valence-corrected chi connectivity index (χ3v) is 6.22. The molecule has 7 nitrogen and oxygen atoms in total. The molecule has 0 aliphatic heterocycles. The maximum atomic E-state index is 12.7. The monoisotopic (exact) mass is 442 g/mol. The van der Waals surface area contributed by atoms with Gasteiger partial charge in [0.05, 0.1) is 4.90 Å². The molecule has 0 unspecified atom stereocenters. The largest absolute Gasteiger partial charge is 0.433 e. The smallest absolute Gasteiger partial charge is 0.326 e. The Hall–Kier alpha value is -2.69. The van der Waals surface area contributed by atoms with Gasteiger partial charge in [0.2, 0.25) is 11.9 Å². The van der Waals surface area contributed by atoms with Crippen LogP contribution in [0.3, 0.4) is 0 Å². The molecule has 1 saturated carbocycles. The lowest BCUT2D eigenvalue weighted by Gasteiger charge is -2.11. The number of benzene rings is 1. The van der Waals surface area contributed by atoms with Crippen molar-refractivity contribution in [3.63, 3.8) is 0 Å². The minimum Gasteiger partial charge on any atom is -0.326 e. The normalized spacial score (nSPS) is 15.2. The van der Waals surface area contributed by atoms with Crippen LogP contribution in [0.4, 0.5) is 24.8 Å². The summed E-state index contributed by atoms with van der Waals surface area (Å²) in [7, 11) is -4.20. The van der Waals surface area contributed by atoms with Gasteiger partial charge in [0.25, 0.3) is 10.0 Å². The zero-order valence-corrected chi connectivity index (χ0v) is 16.8. The van der Waals surface area contributed by atoms with E-state index in [9.17, 15) is 26.4 Å². The number of amides is 1. The fourth-order valence-electron chi connectivity index (χ4n) is 3.32. The number of anilines is 2. The first-order chi connectivity index (χ1) is 14.1. The lowest BCUT2D eigenvalue weighted by atomic mass is 10.0. The van der Waals surface area contributed by atoms with Gasteiger partial charge in [-0.05, 0) is 42.7 Å². The van der Waals surface area contributed by atoms with Crippen molar-refractivity contribution in [1.29, 1.82) is 0 Å². The van der Waals surface area contributed by atoms with Gasteiger partial charge in [-0.15, -0.1) is 0 Å². The van der Waals surface area contributed by atoms with Crippen LogP contribution in [0.15, 0.2) is 41.4 Å². The Labute approximate surface area is 172 Å². The molecule has 0 atom stereocenters. The summed E-state index contributed by atoms with van der Waals surface area (Å²) in [6.07, 6.45) is 2.06. The predicted molar refractivity (Wildman–Crippen MR) is 104 cm³/mol. The van der Waals surface area contributed by atoms with Crippen LogP contribution < -0.4 is 10.0 Å². The molecular weight excluding hydrogens is 421 g/mol. The molecule has 0 saturated heterocycles. The summed E-state index contributed by atoms with van der Waals surface area (Å²) in [5, 5.41) is 2.71. The number of rotatable bonds is 7. The van der Waals surface area contributed by atoms with Gasteiger partial charge in [-0.2, -0.15) is 13.2 Å². The van der Waals surface area contributed by atoms with Crippen molar-refractivity contribution in [2.75, 3.05) is 10.0 Å². The van der Waals surface area contributed by atoms with Crippen molar-refractivity contribution in [2.45, 2.75) is 49.6 Å². The number of carbonyl (C=O) groups is 1. The third-order valence-electron chi connectivity index (χ3n) is 4.87. The minimum absolute atomic E-state index is 0.145. The summed E-state index contributed by atoms with van der Waals surface area (Å²) in [5.41, 5.74) is -0.827. The van der Waals surface area contributed by atoms with Gasteiger partial charge in [-0.25, -0.2) is 23.1 Å². The molecule has 11 heteroatoms. The highest BCUT2D eigenvalue weighted by Gasteiger charge is 2.33. The van der Waals surface area contributed by atoms with Crippen LogP contribution in [0.2, 0.25) is 0 Å². The zero-order valence-electron chi connectivity index (χ0n) is 15.9. The third kappa shape index (κ3) is 5.91. The first kappa shape index (κ1) is 22.0. The molecule has 0 spiro atoms. The molecule has 3 rings (SSSR count). The van der Waals surface area contributed by atoms with E-state index >= 15 is 0 Å². The molecule has 0 bridgehead atoms. The number of nitrogens with zero attached hydrogens (tertiary/aromatic N) is 2. The standard InChI is InChI=1S/C19H21F3N4O3S/c20-19(21,22)16-11-12-23-18(25-16)26-30(28,29)15-8-6-14(7-9-15)24-17(27)10-5-13-3-1-2-4-13/h6-9,11-13H,1-5,10H2,(H,24,27)(H,23,25,26). The second-order valence-corrected chi connectivity index (χ2v) is 8.81. The molecule has 1 aliphatic carbocycles. The number of halogens is 3. The van der Waals surface area contributed by atoms with Gasteiger partial charge < -0.3 is 5.32 Å². The van der Waals surface area contributed by atoms with E-state index in [1.807, 2.05) is 4.72 Å². The number of hydrogen-bond acceptors (Lipinski definition) is 5. The van der Waals surface area contributed by atoms with Crippen LogP contribution in [0.25, 0.3) is 0 Å². The Balaban J connectivity index is 1.61. The van der Waals surface area contributed by atoms with Gasteiger partial charge in [0, 0.05) is 18.3 Å². The SMILES string of the molecule is O=C(CCC1CCCC1)Nc1ccc(S(=O)(=O)Nc2nccc(C(F)(F)F)n2)cc1. The number of carbonyl (C=O) groups excluding carboxylic acids is 1. The number of aromatic nitrogens is 2. The van der Waals surface area contributed by atoms with E-state index in [0.717, 1.165) is 25.5 Å². The Kier molecular flexibility index (Phi) is 6.59. The van der Waals surface area contributed by atoms with E-state index in [1.165, 1.54) is 37.1 Å². The van der Waals surface area contributed by atoms with E-state index in [-0.39, 0.29) is 10.8 Å². The first-order valence-corrected chi connectivity index (χ1v) is 10.9. The molecule has 1 fully saturated rings. The highest BCUT2D eigenvalue weighted by Crippen LogP contribution is 2.29. The number of sulfonamides is 1. The second-order valence-electron chi connectivity index (χ2n) is 7.13. The summed E-state index contributed by atoms with van der Waals surface area (Å²) >= 11 is 0. The van der Waals surface area contributed by atoms with Crippen LogP contribution in [0, 0.1) is 5.92 Å². The molecule has 0 radical (unpaired) electrons. The van der Waals surface area contributed by atoms with Gasteiger partial charge in [0.15, 0.2) is 0 Å². The summed E-state index contributed by atoms with van der Waals surface area (Å²) in [6.45, 7) is 0. The fourth-order valence-corrected chi connectivity index (χ4v) is 4.27. The average Bonchev–Trinajstić information content (AvgIpc) is 3.20. The van der Waals surface area contributed by atoms with E-state index in [1.54, 1.807) is 0 Å². The average molecular weight is 442 g/mol. The molecule has 1 amide bonds. The zero-order chi connectivity index (χ0) is 21.8. The maximum Gasteiger partial charge on any atom is 0.433 e. The lowest BCUT2D eigenvalue weighted by molar-refractivity contribution is -0.141. The van der Waals surface area contributed by atoms with Crippen LogP contribution >= 0.6 is 0 Å². The van der Waals surface area contributed by atoms with Crippen molar-refractivity contribution in [3.8, 4) is 0 Å². The minimum atomic E-state index is -4.72. The Morgan fingerprint density at radius 1 is 1.10 bits per heavy atom. The van der Waals surface area contributed by atoms with Crippen molar-refractivity contribution in [2.24, 2.45) is 5.92 Å². The topological polar surface area (TPSA) is 101 Å². The Bertz CT molecular complexity index is 989. The van der Waals surface area contributed by atoms with Crippen molar-refractivity contribution < 1.29 is 26.4 Å². The van der Waals surface area contributed by atoms with Crippen molar-refractivity contribution in [1.82, 2.24) is 9.97 Å². The first-order valence-electron chi connectivity index (χ1n) is 9.46. The van der Waals surface area contributed by atoms with Crippen LogP contribution in [0.1, 0.15) is 44.2 Å². The lowest BCUT2D eigenvalue weighted by Crippen LogP contribution is -2.17. The highest BCUT2D eigenvalue weighted by molar-refractivity contribution is 7.92. The molecule has 2 N–H and O–H groups in total. The van der Waals surface area contributed by atoms with Gasteiger partial charge in [0.1, 0.15) is 5.69 Å². The van der Waals surface area contributed by atoms with Crippen molar-refractivity contribution in [3.05, 3.63) is 42.2 Å². The summed E-state index contributed by atoms with van der Waals surface area (Å²) in [5.74, 6) is -0.241. The highest BCUT2D eigenvalue weighted by atomic mass is 32.2. The molecule has 1 aromatic heterocycles. The molecule has 2 aromatic rings. The summed E-state index contributed by atoms with van der Waals surface area (Å²) in [4.78, 5) is 18.6. The van der Waals surface area contributed by atoms with Crippen molar-refractivity contribution >= 4 is 27.6 Å². The quantitative estimate of drug-likeness (QED) is 0.669. The Morgan fingerprint density at radius 2 is 1.77 bits per heavy atom. The molecule has 1 aliphatic rings. The van der Waals surface area contributed by atoms with E-state index in [4.69, 9.17) is 0 Å². The molecule has 30 heavy (non-hydrogen) atoms. The van der Waals surface area contributed by atoms with E-state index in [0.29, 0.717) is 24.1 Å². The maximum absolute atomic E-state index is 12.7. The number of hydrogen-bond donors (Lipinski definition) is 2. The molecule has 162 valence electrons. The predicted octanol–water partition coefficient (Wildman–Crippen LogP) is 4.21. The van der Waals surface area contributed by atoms with Crippen LogP contribution in [0.5, 0.6) is 0 Å². The van der Waals surface area contributed by atoms with Gasteiger partial charge in [-0.3, -0.25) is 4.79 Å². The van der Waals surface area contributed by atoms with Crippen LogP contribution in [-0.2, 0) is 21.0 Å². The molecule has 1 heterocycles. The Morgan fingerprint density at radius 3 is 2.40 bits per heavy atom. The summed E-state index contributed by atoms with van der Waals surface area (Å²) < 4.78 is 64.8. The van der Waals surface area contributed by atoms with Gasteiger partial charge >= 0.3 is 6.18 Å². The fraction of sp³-hybridized carbons (Fsp3) is 0.421. The molecular formula is C19H21F3N4O3S. The van der Waals surface area contributed by atoms with Crippen LogP contribution in [-0.4, -0.2) is 24.3 Å². The summed E-state index contributed by atoms with van der Waals surface area (Å²) in [6, 6.07) is 5.94.